The van der Waals surface area contributed by atoms with Crippen molar-refractivity contribution < 1.29 is 19.2 Å². The van der Waals surface area contributed by atoms with Crippen LogP contribution in [0, 0.1) is 0 Å². The van der Waals surface area contributed by atoms with Gasteiger partial charge in [-0.2, -0.15) is 5.06 Å². The number of rotatable bonds is 4. The molecule has 0 radical (unpaired) electrons. The molecule has 0 aliphatic carbocycles. The largest absolute Gasteiger partial charge is 0.464 e. The highest BCUT2D eigenvalue weighted by atomic mass is 16.7. The highest BCUT2D eigenvalue weighted by molar-refractivity contribution is 5.78. The van der Waals surface area contributed by atoms with Gasteiger partial charge in [0.25, 0.3) is 0 Å². The second kappa shape index (κ2) is 5.78. The zero-order chi connectivity index (χ0) is 12.1. The van der Waals surface area contributed by atoms with Gasteiger partial charge in [0.05, 0.1) is 13.2 Å². The number of amides is 1. The Bertz CT molecular complexity index is 271. The van der Waals surface area contributed by atoms with Crippen LogP contribution in [0.2, 0.25) is 0 Å². The number of ether oxygens (including phenoxy) is 1. The Morgan fingerprint density at radius 1 is 1.62 bits per heavy atom. The molecule has 1 heterocycles. The van der Waals surface area contributed by atoms with Gasteiger partial charge in [-0.1, -0.05) is 0 Å². The van der Waals surface area contributed by atoms with E-state index in [1.165, 1.54) is 5.06 Å². The first-order chi connectivity index (χ1) is 7.58. The summed E-state index contributed by atoms with van der Waals surface area (Å²) in [5.74, 6) is -0.705. The lowest BCUT2D eigenvalue weighted by Crippen LogP contribution is -2.44. The number of carbonyl (C=O) groups excluding carboxylic acids is 2. The van der Waals surface area contributed by atoms with Gasteiger partial charge < -0.3 is 15.8 Å². The normalized spacial score (nSPS) is 25.4. The molecular formula is C9H17N3O4. The van der Waals surface area contributed by atoms with E-state index in [1.54, 1.807) is 14.0 Å². The van der Waals surface area contributed by atoms with Gasteiger partial charge >= 0.3 is 5.97 Å². The molecule has 1 aliphatic rings. The van der Waals surface area contributed by atoms with Crippen molar-refractivity contribution in [1.29, 1.82) is 0 Å². The fraction of sp³-hybridized carbons (Fsp3) is 0.778. The third-order valence-electron chi connectivity index (χ3n) is 2.23. The van der Waals surface area contributed by atoms with Gasteiger partial charge in [0.1, 0.15) is 6.17 Å². The summed E-state index contributed by atoms with van der Waals surface area (Å²) in [6.45, 7) is 1.95. The lowest BCUT2D eigenvalue weighted by Gasteiger charge is -2.17. The topological polar surface area (TPSA) is 93.9 Å². The highest BCUT2D eigenvalue weighted by Gasteiger charge is 2.37. The van der Waals surface area contributed by atoms with Crippen LogP contribution in [-0.4, -0.2) is 49.4 Å². The lowest BCUT2D eigenvalue weighted by atomic mass is 10.2. The van der Waals surface area contributed by atoms with Crippen molar-refractivity contribution in [3.8, 4) is 0 Å². The van der Waals surface area contributed by atoms with Gasteiger partial charge in [-0.05, 0) is 6.92 Å². The van der Waals surface area contributed by atoms with Crippen LogP contribution in [0.3, 0.4) is 0 Å². The number of hydrogen-bond acceptors (Lipinski definition) is 6. The quantitative estimate of drug-likeness (QED) is 0.577. The molecule has 2 atom stereocenters. The van der Waals surface area contributed by atoms with Crippen molar-refractivity contribution >= 4 is 11.9 Å². The molecule has 1 fully saturated rings. The van der Waals surface area contributed by atoms with E-state index in [-0.39, 0.29) is 18.6 Å². The summed E-state index contributed by atoms with van der Waals surface area (Å²) >= 11 is 0. The summed E-state index contributed by atoms with van der Waals surface area (Å²) in [6.07, 6.45) is -0.639. The number of esters is 1. The van der Waals surface area contributed by atoms with E-state index in [0.29, 0.717) is 13.0 Å². The second-order valence-electron chi connectivity index (χ2n) is 3.42. The van der Waals surface area contributed by atoms with Crippen molar-refractivity contribution in [3.05, 3.63) is 0 Å². The minimum absolute atomic E-state index is 0.0889. The van der Waals surface area contributed by atoms with Crippen molar-refractivity contribution in [1.82, 2.24) is 10.4 Å². The van der Waals surface area contributed by atoms with Crippen molar-refractivity contribution in [2.45, 2.75) is 25.6 Å². The van der Waals surface area contributed by atoms with Crippen LogP contribution < -0.4 is 11.1 Å². The summed E-state index contributed by atoms with van der Waals surface area (Å²) in [5.41, 5.74) is 5.17. The van der Waals surface area contributed by atoms with Gasteiger partial charge in [-0.3, -0.25) is 9.63 Å². The minimum Gasteiger partial charge on any atom is -0.464 e. The molecule has 16 heavy (non-hydrogen) atoms. The van der Waals surface area contributed by atoms with Crippen LogP contribution in [0.15, 0.2) is 0 Å². The molecule has 0 aromatic rings. The fourth-order valence-electron chi connectivity index (χ4n) is 1.44. The predicted molar refractivity (Wildman–Crippen MR) is 54.9 cm³/mol. The van der Waals surface area contributed by atoms with Crippen LogP contribution in [0.1, 0.15) is 13.3 Å². The van der Waals surface area contributed by atoms with Crippen LogP contribution >= 0.6 is 0 Å². The summed E-state index contributed by atoms with van der Waals surface area (Å²) in [4.78, 5) is 27.7. The number of hydrogen-bond donors (Lipinski definition) is 2. The Morgan fingerprint density at radius 3 is 2.88 bits per heavy atom. The van der Waals surface area contributed by atoms with E-state index in [1.807, 2.05) is 0 Å². The van der Waals surface area contributed by atoms with Gasteiger partial charge in [-0.15, -0.1) is 0 Å². The molecule has 0 bridgehead atoms. The second-order valence-corrected chi connectivity index (χ2v) is 3.42. The highest BCUT2D eigenvalue weighted by Crippen LogP contribution is 2.18. The molecule has 92 valence electrons. The first-order valence-electron chi connectivity index (χ1n) is 5.14. The van der Waals surface area contributed by atoms with E-state index in [2.05, 4.69) is 5.32 Å². The molecule has 0 saturated carbocycles. The zero-order valence-corrected chi connectivity index (χ0v) is 9.43. The molecule has 0 unspecified atom stereocenters. The third-order valence-corrected chi connectivity index (χ3v) is 2.23. The molecule has 0 aromatic heterocycles. The molecule has 3 N–H and O–H groups in total. The molecule has 7 heteroatoms. The Balaban J connectivity index is 2.46. The van der Waals surface area contributed by atoms with E-state index in [9.17, 15) is 9.59 Å². The molecule has 0 spiro atoms. The fourth-order valence-corrected chi connectivity index (χ4v) is 1.44. The Morgan fingerprint density at radius 2 is 2.31 bits per heavy atom. The number of carbonyl (C=O) groups is 2. The molecule has 0 aromatic carbocycles. The Kier molecular flexibility index (Phi) is 4.66. The Labute approximate surface area is 93.8 Å². The summed E-state index contributed by atoms with van der Waals surface area (Å²) < 4.78 is 4.83. The summed E-state index contributed by atoms with van der Waals surface area (Å²) in [6, 6.07) is 0. The van der Waals surface area contributed by atoms with Crippen molar-refractivity contribution in [3.63, 3.8) is 0 Å². The maximum atomic E-state index is 11.4. The van der Waals surface area contributed by atoms with Crippen LogP contribution in [0.5, 0.6) is 0 Å². The van der Waals surface area contributed by atoms with Crippen LogP contribution in [0.25, 0.3) is 0 Å². The third kappa shape index (κ3) is 3.16. The van der Waals surface area contributed by atoms with Gasteiger partial charge in [0.2, 0.25) is 5.91 Å². The van der Waals surface area contributed by atoms with E-state index in [0.717, 1.165) is 0 Å². The molecule has 1 amide bonds. The van der Waals surface area contributed by atoms with Crippen LogP contribution in [0.4, 0.5) is 0 Å². The summed E-state index contributed by atoms with van der Waals surface area (Å²) in [7, 11) is 1.64. The van der Waals surface area contributed by atoms with Gasteiger partial charge in [0.15, 0.2) is 6.10 Å². The van der Waals surface area contributed by atoms with Crippen molar-refractivity contribution in [2.75, 3.05) is 20.2 Å². The van der Waals surface area contributed by atoms with E-state index < -0.39 is 12.1 Å². The van der Waals surface area contributed by atoms with E-state index in [4.69, 9.17) is 15.3 Å². The number of nitrogens with one attached hydrogen (secondary N) is 1. The van der Waals surface area contributed by atoms with E-state index >= 15 is 0 Å². The minimum atomic E-state index is -0.659. The average molecular weight is 231 g/mol. The zero-order valence-electron chi connectivity index (χ0n) is 9.43. The molecule has 1 saturated heterocycles. The smallest absolute Gasteiger partial charge is 0.337 e. The molecular weight excluding hydrogens is 214 g/mol. The predicted octanol–water partition coefficient (Wildman–Crippen LogP) is -1.41. The lowest BCUT2D eigenvalue weighted by molar-refractivity contribution is -0.182. The first kappa shape index (κ1) is 12.9. The van der Waals surface area contributed by atoms with Gasteiger partial charge in [0, 0.05) is 13.5 Å². The maximum Gasteiger partial charge on any atom is 0.337 e. The molecule has 1 rings (SSSR count). The SMILES string of the molecule is CCOC(=O)[C@H]1C[C@@H](NC(=O)CN)N(C)O1. The molecule has 1 aliphatic heterocycles. The van der Waals surface area contributed by atoms with Crippen molar-refractivity contribution in [2.24, 2.45) is 5.73 Å². The Hall–Kier alpha value is -1.18. The average Bonchev–Trinajstić information content (AvgIpc) is 2.61. The maximum absolute atomic E-state index is 11.4. The number of nitrogens with two attached hydrogens (primary N) is 1. The summed E-state index contributed by atoms with van der Waals surface area (Å²) in [5, 5.41) is 4.06. The van der Waals surface area contributed by atoms with Gasteiger partial charge in [-0.25, -0.2) is 4.79 Å². The molecule has 7 nitrogen and oxygen atoms in total. The number of nitrogens with zero attached hydrogens (tertiary/aromatic N) is 1. The first-order valence-corrected chi connectivity index (χ1v) is 5.14. The standard InChI is InChI=1S/C9H17N3O4/c1-3-15-9(14)6-4-7(12(2)16-6)11-8(13)5-10/h6-7H,3-5,10H2,1-2H3,(H,11,13)/t6-,7+/m1/s1. The van der Waals surface area contributed by atoms with Crippen LogP contribution in [-0.2, 0) is 19.2 Å². The number of hydroxylamine groups is 2. The monoisotopic (exact) mass is 231 g/mol.